The molecular weight excluding hydrogens is 300 g/mol. The summed E-state index contributed by atoms with van der Waals surface area (Å²) >= 11 is 5.88. The Morgan fingerprint density at radius 3 is 2.41 bits per heavy atom. The molecule has 0 bridgehead atoms. The lowest BCUT2D eigenvalue weighted by Crippen LogP contribution is -2.32. The summed E-state index contributed by atoms with van der Waals surface area (Å²) in [5, 5.41) is 4.94. The molecule has 1 aromatic carbocycles. The van der Waals surface area contributed by atoms with Crippen LogP contribution in [-0.2, 0) is 0 Å². The van der Waals surface area contributed by atoms with E-state index in [0.717, 1.165) is 5.69 Å². The van der Waals surface area contributed by atoms with E-state index in [1.54, 1.807) is 40.8 Å². The van der Waals surface area contributed by atoms with Gasteiger partial charge < -0.3 is 4.90 Å². The number of carbonyl (C=O) groups excluding carboxylic acids is 1. The highest BCUT2D eigenvalue weighted by Crippen LogP contribution is 2.14. The van der Waals surface area contributed by atoms with Crippen molar-refractivity contribution < 1.29 is 4.79 Å². The van der Waals surface area contributed by atoms with Crippen molar-refractivity contribution in [1.82, 2.24) is 19.7 Å². The van der Waals surface area contributed by atoms with Crippen LogP contribution in [0.4, 0.5) is 0 Å². The van der Waals surface area contributed by atoms with Crippen molar-refractivity contribution in [2.24, 2.45) is 0 Å². The summed E-state index contributed by atoms with van der Waals surface area (Å²) in [6.07, 6.45) is 3.31. The zero-order valence-electron chi connectivity index (χ0n) is 12.4. The fourth-order valence-electron chi connectivity index (χ4n) is 2.00. The highest BCUT2D eigenvalue weighted by atomic mass is 35.5. The summed E-state index contributed by atoms with van der Waals surface area (Å²) in [5.41, 5.74) is 0.799. The van der Waals surface area contributed by atoms with Gasteiger partial charge in [0.1, 0.15) is 5.82 Å². The predicted molar refractivity (Wildman–Crippen MR) is 87.4 cm³/mol. The minimum absolute atomic E-state index is 0.149. The molecule has 6 heteroatoms. The monoisotopic (exact) mass is 316 g/mol. The second kappa shape index (κ2) is 7.04. The van der Waals surface area contributed by atoms with Gasteiger partial charge in [-0.3, -0.25) is 4.79 Å². The standard InChI is InChI=1S/C16H17ClN4O/c1-4-10-20(11-5-2)16(22)15-18-12(3)21(19-15)14-8-6-13(17)7-9-14/h4-9H,1-2,10-11H2,3H3. The van der Waals surface area contributed by atoms with Crippen molar-refractivity contribution >= 4 is 17.5 Å². The van der Waals surface area contributed by atoms with Crippen molar-refractivity contribution in [3.05, 3.63) is 66.2 Å². The third-order valence-corrected chi connectivity index (χ3v) is 3.27. The van der Waals surface area contributed by atoms with Crippen molar-refractivity contribution in [3.63, 3.8) is 0 Å². The Labute approximate surface area is 134 Å². The minimum atomic E-state index is -0.254. The summed E-state index contributed by atoms with van der Waals surface area (Å²) in [7, 11) is 0. The van der Waals surface area contributed by atoms with Crippen LogP contribution < -0.4 is 0 Å². The minimum Gasteiger partial charge on any atom is -0.328 e. The molecule has 0 radical (unpaired) electrons. The Morgan fingerprint density at radius 1 is 1.27 bits per heavy atom. The summed E-state index contributed by atoms with van der Waals surface area (Å²) in [5.74, 6) is 0.523. The van der Waals surface area contributed by atoms with Crippen LogP contribution >= 0.6 is 11.6 Å². The lowest BCUT2D eigenvalue weighted by molar-refractivity contribution is 0.0779. The molecular formula is C16H17ClN4O. The molecule has 2 aromatic rings. The Balaban J connectivity index is 2.32. The fourth-order valence-corrected chi connectivity index (χ4v) is 2.13. The van der Waals surface area contributed by atoms with Crippen LogP contribution in [0.15, 0.2) is 49.6 Å². The van der Waals surface area contributed by atoms with Gasteiger partial charge in [-0.25, -0.2) is 9.67 Å². The molecule has 22 heavy (non-hydrogen) atoms. The van der Waals surface area contributed by atoms with Gasteiger partial charge in [-0.1, -0.05) is 23.8 Å². The van der Waals surface area contributed by atoms with Gasteiger partial charge >= 0.3 is 0 Å². The Morgan fingerprint density at radius 2 is 1.86 bits per heavy atom. The number of carbonyl (C=O) groups is 1. The highest BCUT2D eigenvalue weighted by molar-refractivity contribution is 6.30. The zero-order valence-corrected chi connectivity index (χ0v) is 13.1. The molecule has 114 valence electrons. The number of aryl methyl sites for hydroxylation is 1. The third-order valence-electron chi connectivity index (χ3n) is 3.02. The van der Waals surface area contributed by atoms with Crippen molar-refractivity contribution in [2.75, 3.05) is 13.1 Å². The molecule has 0 saturated heterocycles. The maximum atomic E-state index is 12.4. The molecule has 0 aliphatic rings. The topological polar surface area (TPSA) is 51.0 Å². The van der Waals surface area contributed by atoms with Gasteiger partial charge in [0.25, 0.3) is 5.91 Å². The van der Waals surface area contributed by atoms with Crippen molar-refractivity contribution in [3.8, 4) is 5.69 Å². The Bertz CT molecular complexity index is 681. The second-order valence-electron chi connectivity index (χ2n) is 4.66. The van der Waals surface area contributed by atoms with E-state index in [0.29, 0.717) is 23.9 Å². The van der Waals surface area contributed by atoms with Gasteiger partial charge in [0, 0.05) is 18.1 Å². The molecule has 0 N–H and O–H groups in total. The van der Waals surface area contributed by atoms with Gasteiger partial charge in [-0.05, 0) is 31.2 Å². The maximum absolute atomic E-state index is 12.4. The van der Waals surface area contributed by atoms with Crippen LogP contribution in [0.2, 0.25) is 5.02 Å². The first kappa shape index (κ1) is 16.0. The van der Waals surface area contributed by atoms with Crippen LogP contribution in [0.3, 0.4) is 0 Å². The van der Waals surface area contributed by atoms with Crippen LogP contribution in [-0.4, -0.2) is 38.7 Å². The normalized spacial score (nSPS) is 10.3. The molecule has 5 nitrogen and oxygen atoms in total. The smallest absolute Gasteiger partial charge is 0.294 e. The van der Waals surface area contributed by atoms with E-state index in [1.807, 2.05) is 12.1 Å². The van der Waals surface area contributed by atoms with Gasteiger partial charge in [-0.2, -0.15) is 0 Å². The van der Waals surface area contributed by atoms with E-state index in [4.69, 9.17) is 11.6 Å². The molecule has 1 amide bonds. The number of aromatic nitrogens is 3. The summed E-state index contributed by atoms with van der Waals surface area (Å²) in [6.45, 7) is 9.93. The zero-order chi connectivity index (χ0) is 16.1. The lowest BCUT2D eigenvalue weighted by Gasteiger charge is -2.16. The summed E-state index contributed by atoms with van der Waals surface area (Å²) < 4.78 is 1.61. The molecule has 0 unspecified atom stereocenters. The van der Waals surface area contributed by atoms with E-state index in [9.17, 15) is 4.79 Å². The average Bonchev–Trinajstić information content (AvgIpc) is 2.89. The first-order valence-electron chi connectivity index (χ1n) is 6.77. The summed E-state index contributed by atoms with van der Waals surface area (Å²) in [6, 6.07) is 7.18. The van der Waals surface area contributed by atoms with Crippen molar-refractivity contribution in [1.29, 1.82) is 0 Å². The molecule has 0 spiro atoms. The number of hydrogen-bond acceptors (Lipinski definition) is 3. The first-order valence-corrected chi connectivity index (χ1v) is 7.15. The SMILES string of the molecule is C=CCN(CC=C)C(=O)c1nc(C)n(-c2ccc(Cl)cc2)n1. The lowest BCUT2D eigenvalue weighted by atomic mass is 10.3. The summed E-state index contributed by atoms with van der Waals surface area (Å²) in [4.78, 5) is 18.3. The molecule has 1 heterocycles. The van der Waals surface area contributed by atoms with Gasteiger partial charge in [-0.15, -0.1) is 18.3 Å². The third kappa shape index (κ3) is 3.43. The number of benzene rings is 1. The van der Waals surface area contributed by atoms with Crippen LogP contribution in [0.5, 0.6) is 0 Å². The largest absolute Gasteiger partial charge is 0.328 e. The Hall–Kier alpha value is -2.40. The number of halogens is 1. The van der Waals surface area contributed by atoms with E-state index in [1.165, 1.54) is 0 Å². The van der Waals surface area contributed by atoms with Crippen LogP contribution in [0.1, 0.15) is 16.4 Å². The Kier molecular flexibility index (Phi) is 5.12. The molecule has 0 aliphatic carbocycles. The van der Waals surface area contributed by atoms with Gasteiger partial charge in [0.2, 0.25) is 5.82 Å². The van der Waals surface area contributed by atoms with E-state index < -0.39 is 0 Å². The van der Waals surface area contributed by atoms with E-state index >= 15 is 0 Å². The number of amides is 1. The van der Waals surface area contributed by atoms with Crippen LogP contribution in [0, 0.1) is 6.92 Å². The van der Waals surface area contributed by atoms with Gasteiger partial charge in [0.05, 0.1) is 5.69 Å². The van der Waals surface area contributed by atoms with Crippen molar-refractivity contribution in [2.45, 2.75) is 6.92 Å². The molecule has 2 rings (SSSR count). The molecule has 0 atom stereocenters. The average molecular weight is 317 g/mol. The highest BCUT2D eigenvalue weighted by Gasteiger charge is 2.20. The molecule has 1 aromatic heterocycles. The van der Waals surface area contributed by atoms with E-state index in [-0.39, 0.29) is 11.7 Å². The number of hydrogen-bond donors (Lipinski definition) is 0. The number of rotatable bonds is 6. The quantitative estimate of drug-likeness (QED) is 0.770. The molecule has 0 fully saturated rings. The fraction of sp³-hybridized carbons (Fsp3) is 0.188. The molecule has 0 aliphatic heterocycles. The predicted octanol–water partition coefficient (Wildman–Crippen LogP) is 3.04. The van der Waals surface area contributed by atoms with E-state index in [2.05, 4.69) is 23.2 Å². The second-order valence-corrected chi connectivity index (χ2v) is 5.09. The van der Waals surface area contributed by atoms with Gasteiger partial charge in [0.15, 0.2) is 0 Å². The van der Waals surface area contributed by atoms with Crippen LogP contribution in [0.25, 0.3) is 5.69 Å². The maximum Gasteiger partial charge on any atom is 0.294 e. The number of nitrogens with zero attached hydrogens (tertiary/aromatic N) is 4. The first-order chi connectivity index (χ1) is 10.6. The molecule has 0 saturated carbocycles.